The summed E-state index contributed by atoms with van der Waals surface area (Å²) in [6, 6.07) is 12.8. The second-order valence-corrected chi connectivity index (χ2v) is 8.53. The Labute approximate surface area is 191 Å². The van der Waals surface area contributed by atoms with Crippen LogP contribution in [0.3, 0.4) is 0 Å². The molecule has 7 nitrogen and oxygen atoms in total. The van der Waals surface area contributed by atoms with Crippen LogP contribution in [0.1, 0.15) is 17.3 Å². The Morgan fingerprint density at radius 1 is 1.16 bits per heavy atom. The van der Waals surface area contributed by atoms with E-state index in [0.29, 0.717) is 37.5 Å². The number of benzene rings is 1. The third-order valence-corrected chi connectivity index (χ3v) is 6.47. The lowest BCUT2D eigenvalue weighted by Gasteiger charge is -2.09. The number of carbonyl (C=O) groups excluding carboxylic acids is 2. The smallest absolute Gasteiger partial charge is 0.341 e. The van der Waals surface area contributed by atoms with Crippen molar-refractivity contribution in [3.8, 4) is 11.1 Å². The number of hydrogen-bond donors (Lipinski definition) is 1. The van der Waals surface area contributed by atoms with Gasteiger partial charge in [-0.1, -0.05) is 47.6 Å². The number of thioether (sulfide) groups is 1. The number of nitrogens with one attached hydrogen (secondary N) is 1. The van der Waals surface area contributed by atoms with Crippen molar-refractivity contribution < 1.29 is 14.3 Å². The summed E-state index contributed by atoms with van der Waals surface area (Å²) in [6.45, 7) is 1.96. The van der Waals surface area contributed by atoms with Gasteiger partial charge in [0, 0.05) is 27.7 Å². The van der Waals surface area contributed by atoms with E-state index in [1.165, 1.54) is 23.1 Å². The summed E-state index contributed by atoms with van der Waals surface area (Å²) < 4.78 is 7.03. The molecule has 0 unspecified atom stereocenters. The lowest BCUT2D eigenvalue weighted by atomic mass is 10.0. The van der Waals surface area contributed by atoms with Crippen molar-refractivity contribution in [3.63, 3.8) is 0 Å². The molecule has 4 rings (SSSR count). The average Bonchev–Trinajstić information content (AvgIpc) is 3.37. The molecule has 10 heteroatoms. The van der Waals surface area contributed by atoms with Gasteiger partial charge in [-0.2, -0.15) is 0 Å². The van der Waals surface area contributed by atoms with Crippen molar-refractivity contribution in [2.75, 3.05) is 17.7 Å². The molecule has 1 N–H and O–H groups in total. The topological polar surface area (TPSA) is 85.6 Å². The zero-order chi connectivity index (χ0) is 21.8. The van der Waals surface area contributed by atoms with Crippen LogP contribution in [0.5, 0.6) is 0 Å². The van der Waals surface area contributed by atoms with Gasteiger partial charge in [-0.05, 0) is 25.1 Å². The fraction of sp³-hybridized carbons (Fsp3) is 0.143. The fourth-order valence-corrected chi connectivity index (χ4v) is 4.87. The zero-order valence-corrected chi connectivity index (χ0v) is 18.8. The molecule has 0 aliphatic carbocycles. The second-order valence-electron chi connectivity index (χ2n) is 6.30. The first-order chi connectivity index (χ1) is 15.1. The normalized spacial score (nSPS) is 10.9. The largest absolute Gasteiger partial charge is 0.462 e. The summed E-state index contributed by atoms with van der Waals surface area (Å²) in [7, 11) is 0. The van der Waals surface area contributed by atoms with Gasteiger partial charge in [0.25, 0.3) is 0 Å². The minimum absolute atomic E-state index is 0.108. The number of rotatable bonds is 7. The van der Waals surface area contributed by atoms with Gasteiger partial charge >= 0.3 is 5.97 Å². The molecule has 1 amide bonds. The van der Waals surface area contributed by atoms with Crippen LogP contribution in [0.25, 0.3) is 16.8 Å². The van der Waals surface area contributed by atoms with Gasteiger partial charge in [0.1, 0.15) is 10.6 Å². The molecule has 3 aromatic heterocycles. The molecule has 4 aromatic rings. The van der Waals surface area contributed by atoms with Crippen LogP contribution in [0, 0.1) is 0 Å². The van der Waals surface area contributed by atoms with Crippen molar-refractivity contribution in [3.05, 3.63) is 64.6 Å². The Hall–Kier alpha value is -2.88. The quantitative estimate of drug-likeness (QED) is 0.300. The lowest BCUT2D eigenvalue weighted by Crippen LogP contribution is -2.16. The van der Waals surface area contributed by atoms with Gasteiger partial charge in [-0.25, -0.2) is 4.79 Å². The number of pyridine rings is 1. The number of esters is 1. The molecule has 0 saturated carbocycles. The Morgan fingerprint density at radius 3 is 2.77 bits per heavy atom. The van der Waals surface area contributed by atoms with E-state index in [1.807, 2.05) is 47.0 Å². The maximum atomic E-state index is 12.7. The molecule has 31 heavy (non-hydrogen) atoms. The number of hydrogen-bond acceptors (Lipinski definition) is 7. The van der Waals surface area contributed by atoms with E-state index in [2.05, 4.69) is 15.5 Å². The Kier molecular flexibility index (Phi) is 6.55. The van der Waals surface area contributed by atoms with Gasteiger partial charge in [0.15, 0.2) is 10.8 Å². The first-order valence-electron chi connectivity index (χ1n) is 9.34. The summed E-state index contributed by atoms with van der Waals surface area (Å²) in [6.07, 6.45) is 1.84. The Balaban J connectivity index is 1.55. The summed E-state index contributed by atoms with van der Waals surface area (Å²) >= 11 is 8.84. The maximum Gasteiger partial charge on any atom is 0.341 e. The van der Waals surface area contributed by atoms with Crippen molar-refractivity contribution in [1.82, 2.24) is 14.6 Å². The Bertz CT molecular complexity index is 1250. The minimum Gasteiger partial charge on any atom is -0.462 e. The van der Waals surface area contributed by atoms with Gasteiger partial charge in [-0.3, -0.25) is 9.20 Å². The summed E-state index contributed by atoms with van der Waals surface area (Å²) in [5, 5.41) is 14.3. The van der Waals surface area contributed by atoms with E-state index >= 15 is 0 Å². The highest BCUT2D eigenvalue weighted by atomic mass is 35.5. The third-order valence-electron chi connectivity index (χ3n) is 4.30. The predicted molar refractivity (Wildman–Crippen MR) is 123 cm³/mol. The van der Waals surface area contributed by atoms with Crippen LogP contribution in [0.2, 0.25) is 5.02 Å². The number of halogens is 1. The highest BCUT2D eigenvalue weighted by molar-refractivity contribution is 7.99. The molecule has 0 saturated heterocycles. The molecular formula is C21H17ClN4O3S2. The van der Waals surface area contributed by atoms with E-state index in [9.17, 15) is 9.59 Å². The van der Waals surface area contributed by atoms with Crippen LogP contribution < -0.4 is 5.32 Å². The molecular weight excluding hydrogens is 456 g/mol. The van der Waals surface area contributed by atoms with Gasteiger partial charge in [0.2, 0.25) is 5.91 Å². The average molecular weight is 473 g/mol. The van der Waals surface area contributed by atoms with E-state index in [4.69, 9.17) is 16.3 Å². The molecule has 158 valence electrons. The van der Waals surface area contributed by atoms with Gasteiger partial charge in [0.05, 0.1) is 12.4 Å². The van der Waals surface area contributed by atoms with Crippen molar-refractivity contribution in [2.24, 2.45) is 0 Å². The molecule has 0 atom stereocenters. The van der Waals surface area contributed by atoms with E-state index in [-0.39, 0.29) is 18.3 Å². The predicted octanol–water partition coefficient (Wildman–Crippen LogP) is 5.02. The highest BCUT2D eigenvalue weighted by Gasteiger charge is 2.24. The number of ether oxygens (including phenoxy) is 1. The maximum absolute atomic E-state index is 12.7. The standard InChI is InChI=1S/C21H17ClN4O3S2/c1-2-29-20(28)18-14(13-7-3-4-8-15(13)22)11-30-19(18)23-17(27)12-31-21-25-24-16-9-5-6-10-26(16)21/h3-11H,2,12H2,1H3,(H,23,27). The SMILES string of the molecule is CCOC(=O)c1c(-c2ccccc2Cl)csc1NC(=O)CSc1nnc2ccccn12. The van der Waals surface area contributed by atoms with Crippen LogP contribution in [0.4, 0.5) is 5.00 Å². The highest BCUT2D eigenvalue weighted by Crippen LogP contribution is 2.39. The minimum atomic E-state index is -0.509. The first-order valence-corrected chi connectivity index (χ1v) is 11.6. The number of thiophene rings is 1. The number of anilines is 1. The second kappa shape index (κ2) is 9.51. The van der Waals surface area contributed by atoms with Gasteiger partial charge < -0.3 is 10.1 Å². The monoisotopic (exact) mass is 472 g/mol. The number of amides is 1. The van der Waals surface area contributed by atoms with Crippen LogP contribution in [0.15, 0.2) is 59.2 Å². The zero-order valence-electron chi connectivity index (χ0n) is 16.4. The van der Waals surface area contributed by atoms with E-state index in [0.717, 1.165) is 0 Å². The molecule has 0 bridgehead atoms. The number of fused-ring (bicyclic) bond motifs is 1. The lowest BCUT2D eigenvalue weighted by molar-refractivity contribution is -0.113. The summed E-state index contributed by atoms with van der Waals surface area (Å²) in [5.74, 6) is -0.669. The molecule has 3 heterocycles. The Morgan fingerprint density at radius 2 is 1.97 bits per heavy atom. The molecule has 0 fully saturated rings. The number of carbonyl (C=O) groups is 2. The number of aromatic nitrogens is 3. The van der Waals surface area contributed by atoms with Crippen molar-refractivity contribution in [2.45, 2.75) is 12.1 Å². The fourth-order valence-electron chi connectivity index (χ4n) is 2.94. The molecule has 0 aliphatic rings. The summed E-state index contributed by atoms with van der Waals surface area (Å²) in [5.41, 5.74) is 2.33. The molecule has 1 aromatic carbocycles. The molecule has 0 radical (unpaired) electrons. The van der Waals surface area contributed by atoms with Crippen LogP contribution >= 0.6 is 34.7 Å². The molecule has 0 aliphatic heterocycles. The number of nitrogens with zero attached hydrogens (tertiary/aromatic N) is 3. The first kappa shape index (κ1) is 21.4. The van der Waals surface area contributed by atoms with Crippen molar-refractivity contribution in [1.29, 1.82) is 0 Å². The van der Waals surface area contributed by atoms with E-state index in [1.54, 1.807) is 18.4 Å². The van der Waals surface area contributed by atoms with Crippen molar-refractivity contribution >= 4 is 57.2 Å². The van der Waals surface area contributed by atoms with E-state index < -0.39 is 5.97 Å². The molecule has 0 spiro atoms. The summed E-state index contributed by atoms with van der Waals surface area (Å²) in [4.78, 5) is 25.3. The van der Waals surface area contributed by atoms with Crippen LogP contribution in [-0.2, 0) is 9.53 Å². The van der Waals surface area contributed by atoms with Crippen LogP contribution in [-0.4, -0.2) is 38.8 Å². The van der Waals surface area contributed by atoms with Gasteiger partial charge in [-0.15, -0.1) is 21.5 Å². The third kappa shape index (κ3) is 4.58.